The fourth-order valence-electron chi connectivity index (χ4n) is 3.43. The van der Waals surface area contributed by atoms with Gasteiger partial charge in [0.25, 0.3) is 0 Å². The fourth-order valence-corrected chi connectivity index (χ4v) is 3.43. The average Bonchev–Trinajstić information content (AvgIpc) is 2.84. The van der Waals surface area contributed by atoms with Crippen LogP contribution >= 0.6 is 0 Å². The summed E-state index contributed by atoms with van der Waals surface area (Å²) in [5, 5.41) is 13.3. The first-order valence-corrected chi connectivity index (χ1v) is 7.43. The summed E-state index contributed by atoms with van der Waals surface area (Å²) in [6.07, 6.45) is 6.09. The van der Waals surface area contributed by atoms with Crippen LogP contribution in [0.5, 0.6) is 5.75 Å². The summed E-state index contributed by atoms with van der Waals surface area (Å²) in [7, 11) is 2.02. The van der Waals surface area contributed by atoms with Gasteiger partial charge in [-0.1, -0.05) is 12.1 Å². The molecule has 0 heterocycles. The van der Waals surface area contributed by atoms with Crippen LogP contribution in [0.4, 0.5) is 0 Å². The Morgan fingerprint density at radius 1 is 1.21 bits per heavy atom. The Kier molecular flexibility index (Phi) is 3.76. The number of aliphatic hydroxyl groups is 1. The third kappa shape index (κ3) is 2.49. The maximum Gasteiger partial charge on any atom is 0.124 e. The molecule has 19 heavy (non-hydrogen) atoms. The van der Waals surface area contributed by atoms with Gasteiger partial charge in [-0.25, -0.2) is 0 Å². The highest BCUT2D eigenvalue weighted by molar-refractivity contribution is 5.43. The second kappa shape index (κ2) is 5.51. The Hall–Kier alpha value is -1.06. The van der Waals surface area contributed by atoms with Gasteiger partial charge in [0.1, 0.15) is 11.9 Å². The smallest absolute Gasteiger partial charge is 0.124 e. The molecule has 0 aromatic heterocycles. The molecule has 0 saturated heterocycles. The van der Waals surface area contributed by atoms with Crippen molar-refractivity contribution >= 4 is 0 Å². The number of nitrogens with one attached hydrogen (secondary N) is 1. The Labute approximate surface area is 115 Å². The molecule has 0 aliphatic heterocycles. The monoisotopic (exact) mass is 261 g/mol. The van der Waals surface area contributed by atoms with Crippen molar-refractivity contribution in [1.82, 2.24) is 5.32 Å². The zero-order chi connectivity index (χ0) is 13.2. The molecule has 3 rings (SSSR count). The number of fused-ring (bicyclic) bond motifs is 1. The summed E-state index contributed by atoms with van der Waals surface area (Å²) in [5.41, 5.74) is 2.71. The van der Waals surface area contributed by atoms with Crippen LogP contribution in [0.3, 0.4) is 0 Å². The van der Waals surface area contributed by atoms with Crippen LogP contribution in [-0.2, 0) is 6.42 Å². The van der Waals surface area contributed by atoms with Crippen molar-refractivity contribution in [2.45, 2.75) is 56.8 Å². The van der Waals surface area contributed by atoms with Gasteiger partial charge < -0.3 is 15.2 Å². The number of aliphatic hydroxyl groups excluding tert-OH is 1. The summed E-state index contributed by atoms with van der Waals surface area (Å²) >= 11 is 0. The SMILES string of the molecule is CNC1CCCc2c(OC3CCCC3O)cccc21. The van der Waals surface area contributed by atoms with Crippen molar-refractivity contribution in [2.75, 3.05) is 7.05 Å². The molecule has 104 valence electrons. The van der Waals surface area contributed by atoms with E-state index in [0.717, 1.165) is 31.4 Å². The quantitative estimate of drug-likeness (QED) is 0.878. The molecule has 1 fully saturated rings. The predicted octanol–water partition coefficient (Wildman–Crippen LogP) is 2.58. The summed E-state index contributed by atoms with van der Waals surface area (Å²) in [4.78, 5) is 0. The Morgan fingerprint density at radius 2 is 2.11 bits per heavy atom. The second-order valence-corrected chi connectivity index (χ2v) is 5.71. The van der Waals surface area contributed by atoms with Crippen LogP contribution < -0.4 is 10.1 Å². The van der Waals surface area contributed by atoms with E-state index in [1.807, 2.05) is 7.05 Å². The van der Waals surface area contributed by atoms with Gasteiger partial charge in [0.15, 0.2) is 0 Å². The number of hydrogen-bond acceptors (Lipinski definition) is 3. The maximum absolute atomic E-state index is 9.92. The number of benzene rings is 1. The van der Waals surface area contributed by atoms with Gasteiger partial charge in [-0.15, -0.1) is 0 Å². The van der Waals surface area contributed by atoms with E-state index in [1.54, 1.807) is 0 Å². The molecule has 0 radical (unpaired) electrons. The number of hydrogen-bond donors (Lipinski definition) is 2. The molecule has 3 heteroatoms. The molecule has 0 bridgehead atoms. The highest BCUT2D eigenvalue weighted by Gasteiger charge is 2.29. The third-order valence-electron chi connectivity index (χ3n) is 4.51. The van der Waals surface area contributed by atoms with Crippen molar-refractivity contribution < 1.29 is 9.84 Å². The van der Waals surface area contributed by atoms with E-state index in [0.29, 0.717) is 6.04 Å². The zero-order valence-electron chi connectivity index (χ0n) is 11.6. The molecule has 3 nitrogen and oxygen atoms in total. The van der Waals surface area contributed by atoms with Gasteiger partial charge in [-0.05, 0) is 62.8 Å². The molecule has 0 spiro atoms. The third-order valence-corrected chi connectivity index (χ3v) is 4.51. The minimum Gasteiger partial charge on any atom is -0.487 e. The van der Waals surface area contributed by atoms with Crippen LogP contribution in [0.15, 0.2) is 18.2 Å². The molecular formula is C16H23NO2. The first-order valence-electron chi connectivity index (χ1n) is 7.43. The van der Waals surface area contributed by atoms with Crippen molar-refractivity contribution in [3.8, 4) is 5.75 Å². The highest BCUT2D eigenvalue weighted by atomic mass is 16.5. The van der Waals surface area contributed by atoms with E-state index in [-0.39, 0.29) is 12.2 Å². The molecule has 0 amide bonds. The predicted molar refractivity (Wildman–Crippen MR) is 75.5 cm³/mol. The van der Waals surface area contributed by atoms with E-state index >= 15 is 0 Å². The summed E-state index contributed by atoms with van der Waals surface area (Å²) < 4.78 is 6.10. The molecule has 3 atom stereocenters. The molecule has 3 unspecified atom stereocenters. The van der Waals surface area contributed by atoms with Crippen molar-refractivity contribution in [3.05, 3.63) is 29.3 Å². The summed E-state index contributed by atoms with van der Waals surface area (Å²) in [6, 6.07) is 6.78. The van der Waals surface area contributed by atoms with Crippen LogP contribution in [-0.4, -0.2) is 24.4 Å². The Morgan fingerprint density at radius 3 is 2.84 bits per heavy atom. The lowest BCUT2D eigenvalue weighted by molar-refractivity contribution is 0.0595. The van der Waals surface area contributed by atoms with Crippen LogP contribution in [0.25, 0.3) is 0 Å². The van der Waals surface area contributed by atoms with E-state index in [4.69, 9.17) is 4.74 Å². The largest absolute Gasteiger partial charge is 0.487 e. The number of ether oxygens (including phenoxy) is 1. The average molecular weight is 261 g/mol. The molecule has 2 aliphatic rings. The van der Waals surface area contributed by atoms with Crippen molar-refractivity contribution in [3.63, 3.8) is 0 Å². The lowest BCUT2D eigenvalue weighted by atomic mass is 9.87. The van der Waals surface area contributed by atoms with Crippen molar-refractivity contribution in [1.29, 1.82) is 0 Å². The van der Waals surface area contributed by atoms with Gasteiger partial charge in [-0.3, -0.25) is 0 Å². The molecular weight excluding hydrogens is 238 g/mol. The van der Waals surface area contributed by atoms with E-state index in [9.17, 15) is 5.11 Å². The lowest BCUT2D eigenvalue weighted by Gasteiger charge is -2.28. The van der Waals surface area contributed by atoms with Crippen LogP contribution in [0, 0.1) is 0 Å². The van der Waals surface area contributed by atoms with E-state index in [2.05, 4.69) is 23.5 Å². The standard InChI is InChI=1S/C16H23NO2/c1-17-13-7-2-6-12-11(13)5-3-9-15(12)19-16-10-4-8-14(16)18/h3,5,9,13-14,16-18H,2,4,6-8,10H2,1H3. The molecule has 2 N–H and O–H groups in total. The summed E-state index contributed by atoms with van der Waals surface area (Å²) in [6.45, 7) is 0. The Bertz CT molecular complexity index is 446. The van der Waals surface area contributed by atoms with Gasteiger partial charge in [0.05, 0.1) is 6.10 Å². The first kappa shape index (κ1) is 12.9. The summed E-state index contributed by atoms with van der Waals surface area (Å²) in [5.74, 6) is 0.989. The molecule has 2 aliphatic carbocycles. The maximum atomic E-state index is 9.92. The van der Waals surface area contributed by atoms with E-state index < -0.39 is 0 Å². The minimum absolute atomic E-state index is 0.0125. The topological polar surface area (TPSA) is 41.5 Å². The normalized spacial score (nSPS) is 30.1. The minimum atomic E-state index is -0.292. The second-order valence-electron chi connectivity index (χ2n) is 5.71. The zero-order valence-corrected chi connectivity index (χ0v) is 11.6. The van der Waals surface area contributed by atoms with Gasteiger partial charge in [0, 0.05) is 6.04 Å². The van der Waals surface area contributed by atoms with Crippen LogP contribution in [0.1, 0.15) is 49.3 Å². The number of rotatable bonds is 3. The van der Waals surface area contributed by atoms with Gasteiger partial charge >= 0.3 is 0 Å². The molecule has 1 saturated carbocycles. The molecule has 1 aromatic rings. The van der Waals surface area contributed by atoms with Gasteiger partial charge in [-0.2, -0.15) is 0 Å². The molecule has 1 aromatic carbocycles. The fraction of sp³-hybridized carbons (Fsp3) is 0.625. The first-order chi connectivity index (χ1) is 9.29. The van der Waals surface area contributed by atoms with Gasteiger partial charge in [0.2, 0.25) is 0 Å². The van der Waals surface area contributed by atoms with E-state index in [1.165, 1.54) is 24.0 Å². The van der Waals surface area contributed by atoms with Crippen molar-refractivity contribution in [2.24, 2.45) is 0 Å². The Balaban J connectivity index is 1.86. The lowest BCUT2D eigenvalue weighted by Crippen LogP contribution is -2.27. The highest BCUT2D eigenvalue weighted by Crippen LogP contribution is 2.36. The van der Waals surface area contributed by atoms with Crippen LogP contribution in [0.2, 0.25) is 0 Å².